The first-order chi connectivity index (χ1) is 25.5. The van der Waals surface area contributed by atoms with Crippen LogP contribution in [0.2, 0.25) is 0 Å². The van der Waals surface area contributed by atoms with E-state index in [2.05, 4.69) is 26.3 Å². The quantitative estimate of drug-likeness (QED) is 0.138. The van der Waals surface area contributed by atoms with Gasteiger partial charge < -0.3 is 31.2 Å². The number of likely N-dealkylation sites (tertiary alicyclic amines) is 1. The van der Waals surface area contributed by atoms with Crippen molar-refractivity contribution in [3.63, 3.8) is 0 Å². The number of rotatable bonds is 14. The predicted octanol–water partition coefficient (Wildman–Crippen LogP) is 4.34. The molecule has 2 heterocycles. The molecular weight excluding hydrogens is 688 g/mol. The highest BCUT2D eigenvalue weighted by Gasteiger charge is 2.51. The summed E-state index contributed by atoms with van der Waals surface area (Å²) >= 11 is 0. The molecule has 13 nitrogen and oxygen atoms in total. The average molecular weight is 751 g/mol. The number of carbonyl (C=O) groups is 7. The van der Waals surface area contributed by atoms with Crippen molar-refractivity contribution in [2.45, 2.75) is 175 Å². The molecule has 3 saturated carbocycles. The van der Waals surface area contributed by atoms with E-state index in [1.54, 1.807) is 18.7 Å². The number of Topliss-reactive ketones (excluding diaryl/α,β-unsaturated/α-hetero) is 2. The minimum Gasteiger partial charge on any atom is -0.354 e. The minimum atomic E-state index is -1.04. The maximum atomic E-state index is 15.0. The molecule has 5 N–H and O–H groups in total. The summed E-state index contributed by atoms with van der Waals surface area (Å²) in [5.74, 6) is -3.59. The van der Waals surface area contributed by atoms with Crippen LogP contribution in [0, 0.1) is 31.1 Å². The van der Waals surface area contributed by atoms with E-state index in [0.717, 1.165) is 70.6 Å². The normalized spacial score (nSPS) is 23.4. The Labute approximate surface area is 319 Å². The third-order valence-electron chi connectivity index (χ3n) is 12.2. The lowest BCUT2D eigenvalue weighted by molar-refractivity contribution is -0.147. The maximum absolute atomic E-state index is 15.0. The van der Waals surface area contributed by atoms with E-state index in [1.165, 1.54) is 6.92 Å². The molecule has 0 spiro atoms. The SMILES string of the molecule is CCCC(NC(=O)[C@@H]1C[C@@H]2CCCC[C@@H]2N1C(=O)[C@@H](NC(=O)C(NC(=O)c1[nH]c(C)c(C)c1C(C)=O)C1CCCCC1)C(C)(C)C)C(=O)C(=O)NC1CC1. The summed E-state index contributed by atoms with van der Waals surface area (Å²) in [5.41, 5.74) is 1.01. The smallest absolute Gasteiger partial charge is 0.289 e. The number of H-pyrrole nitrogens is 1. The van der Waals surface area contributed by atoms with Crippen LogP contribution in [0.1, 0.15) is 157 Å². The van der Waals surface area contributed by atoms with Gasteiger partial charge >= 0.3 is 0 Å². The monoisotopic (exact) mass is 750 g/mol. The number of aromatic nitrogens is 1. The average Bonchev–Trinajstić information content (AvgIpc) is 3.77. The van der Waals surface area contributed by atoms with E-state index in [9.17, 15) is 33.6 Å². The number of nitrogens with one attached hydrogen (secondary N) is 5. The van der Waals surface area contributed by atoms with Crippen LogP contribution in [0.15, 0.2) is 0 Å². The Morgan fingerprint density at radius 2 is 1.50 bits per heavy atom. The molecule has 54 heavy (non-hydrogen) atoms. The second-order valence-electron chi connectivity index (χ2n) is 17.4. The minimum absolute atomic E-state index is 0.000881. The number of amides is 5. The van der Waals surface area contributed by atoms with E-state index in [1.807, 2.05) is 27.7 Å². The summed E-state index contributed by atoms with van der Waals surface area (Å²) in [4.78, 5) is 101. The number of nitrogens with zero attached hydrogens (tertiary/aromatic N) is 1. The fourth-order valence-corrected chi connectivity index (χ4v) is 8.92. The van der Waals surface area contributed by atoms with Crippen molar-refractivity contribution < 1.29 is 33.6 Å². The van der Waals surface area contributed by atoms with Crippen molar-refractivity contribution in [3.8, 4) is 0 Å². The highest BCUT2D eigenvalue weighted by Crippen LogP contribution is 2.41. The molecule has 298 valence electrons. The van der Waals surface area contributed by atoms with E-state index in [-0.39, 0.29) is 41.3 Å². The second-order valence-corrected chi connectivity index (χ2v) is 17.4. The van der Waals surface area contributed by atoms with Crippen LogP contribution in [0.3, 0.4) is 0 Å². The van der Waals surface area contributed by atoms with Crippen LogP contribution in [0.5, 0.6) is 0 Å². The fraction of sp³-hybridized carbons (Fsp3) is 0.732. The summed E-state index contributed by atoms with van der Waals surface area (Å²) in [6.07, 6.45) is 10.7. The van der Waals surface area contributed by atoms with Crippen LogP contribution in [0.25, 0.3) is 0 Å². The predicted molar refractivity (Wildman–Crippen MR) is 203 cm³/mol. The van der Waals surface area contributed by atoms with Gasteiger partial charge in [-0.1, -0.05) is 66.2 Å². The zero-order valence-electron chi connectivity index (χ0n) is 33.3. The molecule has 4 aliphatic rings. The lowest BCUT2D eigenvalue weighted by atomic mass is 9.81. The highest BCUT2D eigenvalue weighted by atomic mass is 16.2. The van der Waals surface area contributed by atoms with Gasteiger partial charge in [0.05, 0.1) is 11.6 Å². The molecule has 1 aliphatic heterocycles. The molecule has 4 fully saturated rings. The number of aromatic amines is 1. The van der Waals surface area contributed by atoms with Crippen molar-refractivity contribution in [1.82, 2.24) is 31.2 Å². The Morgan fingerprint density at radius 3 is 2.11 bits per heavy atom. The number of hydrogen-bond donors (Lipinski definition) is 5. The first kappa shape index (κ1) is 41.1. The van der Waals surface area contributed by atoms with Gasteiger partial charge in [0.15, 0.2) is 5.78 Å². The molecule has 13 heteroatoms. The molecule has 0 bridgehead atoms. The highest BCUT2D eigenvalue weighted by molar-refractivity contribution is 6.38. The molecule has 1 saturated heterocycles. The number of carbonyl (C=O) groups excluding carboxylic acids is 7. The standard InChI is InChI=1S/C41H62N6O7/c1-8-14-28(34(49)39(53)43-27-19-20-27)44-36(50)30-21-26-17-12-13-18-29(26)47(30)40(54)35(41(5,6)7)46-37(51)32(25-15-10-9-11-16-25)45-38(52)33-31(24(4)48)22(2)23(3)42-33/h25-30,32,35,42H,8-21H2,1-7H3,(H,43,53)(H,44,50)(H,45,52)(H,46,51)/t26-,28?,29-,30-,32?,35+/m0/s1. The van der Waals surface area contributed by atoms with Crippen LogP contribution in [0.4, 0.5) is 0 Å². The lowest BCUT2D eigenvalue weighted by Gasteiger charge is -2.40. The molecule has 5 rings (SSSR count). The Hall–Kier alpha value is -4.03. The zero-order valence-corrected chi connectivity index (χ0v) is 33.3. The van der Waals surface area contributed by atoms with Gasteiger partial charge in [-0.05, 0) is 95.0 Å². The van der Waals surface area contributed by atoms with Crippen molar-refractivity contribution in [2.75, 3.05) is 0 Å². The van der Waals surface area contributed by atoms with Crippen molar-refractivity contribution in [1.29, 1.82) is 0 Å². The van der Waals surface area contributed by atoms with Crippen LogP contribution in [-0.4, -0.2) is 87.2 Å². The van der Waals surface area contributed by atoms with Gasteiger partial charge in [0, 0.05) is 17.8 Å². The Kier molecular flexibility index (Phi) is 13.1. The number of aryl methyl sites for hydroxylation is 1. The van der Waals surface area contributed by atoms with Gasteiger partial charge in [0.25, 0.3) is 11.8 Å². The Bertz CT molecular complexity index is 1620. The largest absolute Gasteiger partial charge is 0.354 e. The van der Waals surface area contributed by atoms with Crippen LogP contribution >= 0.6 is 0 Å². The van der Waals surface area contributed by atoms with Gasteiger partial charge in [-0.15, -0.1) is 0 Å². The topological polar surface area (TPSA) is 187 Å². The van der Waals surface area contributed by atoms with E-state index >= 15 is 0 Å². The van der Waals surface area contributed by atoms with E-state index in [0.29, 0.717) is 36.1 Å². The molecule has 0 radical (unpaired) electrons. The molecule has 0 aromatic carbocycles. The third kappa shape index (κ3) is 9.25. The summed E-state index contributed by atoms with van der Waals surface area (Å²) < 4.78 is 0. The van der Waals surface area contributed by atoms with Gasteiger partial charge in [-0.25, -0.2) is 0 Å². The summed E-state index contributed by atoms with van der Waals surface area (Å²) in [6, 6.07) is -4.08. The van der Waals surface area contributed by atoms with E-state index in [4.69, 9.17) is 0 Å². The van der Waals surface area contributed by atoms with Gasteiger partial charge in [0.1, 0.15) is 23.8 Å². The summed E-state index contributed by atoms with van der Waals surface area (Å²) in [6.45, 7) is 12.5. The van der Waals surface area contributed by atoms with Crippen LogP contribution in [-0.2, 0) is 24.0 Å². The summed E-state index contributed by atoms with van der Waals surface area (Å²) in [7, 11) is 0. The number of hydrogen-bond acceptors (Lipinski definition) is 7. The number of fused-ring (bicyclic) bond motifs is 1. The van der Waals surface area contributed by atoms with Crippen molar-refractivity contribution >= 4 is 41.1 Å². The molecule has 6 atom stereocenters. The Morgan fingerprint density at radius 1 is 0.852 bits per heavy atom. The molecule has 1 aromatic rings. The third-order valence-corrected chi connectivity index (χ3v) is 12.2. The van der Waals surface area contributed by atoms with Gasteiger partial charge in [-0.3, -0.25) is 33.6 Å². The molecular formula is C41H62N6O7. The molecule has 1 aromatic heterocycles. The fourth-order valence-electron chi connectivity index (χ4n) is 8.92. The second kappa shape index (κ2) is 17.2. The van der Waals surface area contributed by atoms with Crippen molar-refractivity contribution in [2.24, 2.45) is 17.3 Å². The van der Waals surface area contributed by atoms with Gasteiger partial charge in [-0.2, -0.15) is 0 Å². The molecule has 5 amide bonds. The zero-order chi connectivity index (χ0) is 39.5. The van der Waals surface area contributed by atoms with E-state index < -0.39 is 59.0 Å². The maximum Gasteiger partial charge on any atom is 0.289 e. The Balaban J connectivity index is 1.41. The van der Waals surface area contributed by atoms with Crippen LogP contribution < -0.4 is 21.3 Å². The number of ketones is 2. The molecule has 2 unspecified atom stereocenters. The van der Waals surface area contributed by atoms with Gasteiger partial charge in [0.2, 0.25) is 23.5 Å². The summed E-state index contributed by atoms with van der Waals surface area (Å²) in [5, 5.41) is 11.6. The first-order valence-electron chi connectivity index (χ1n) is 20.3. The first-order valence-corrected chi connectivity index (χ1v) is 20.3. The lowest BCUT2D eigenvalue weighted by Crippen LogP contribution is -2.63. The van der Waals surface area contributed by atoms with Crippen molar-refractivity contribution in [3.05, 3.63) is 22.5 Å². The molecule has 3 aliphatic carbocycles.